The minimum atomic E-state index is 0.351. The topological polar surface area (TPSA) is 47.0 Å². The number of nitrogens with one attached hydrogen (secondary N) is 1. The molecular formula is C15H22BrN3O. The van der Waals surface area contributed by atoms with Gasteiger partial charge >= 0.3 is 0 Å². The molecule has 5 heteroatoms. The Bertz CT molecular complexity index is 468. The van der Waals surface area contributed by atoms with Gasteiger partial charge in [-0.25, -0.2) is 9.97 Å². The van der Waals surface area contributed by atoms with Crippen LogP contribution in [0.3, 0.4) is 0 Å². The molecule has 2 fully saturated rings. The Hall–Kier alpha value is -0.680. The monoisotopic (exact) mass is 339 g/mol. The highest BCUT2D eigenvalue weighted by molar-refractivity contribution is 9.10. The largest absolute Gasteiger partial charge is 0.381 e. The molecule has 1 saturated heterocycles. The molecule has 1 saturated carbocycles. The fourth-order valence-electron chi connectivity index (χ4n) is 3.24. The van der Waals surface area contributed by atoms with E-state index in [1.807, 2.05) is 7.05 Å². The van der Waals surface area contributed by atoms with E-state index in [4.69, 9.17) is 14.7 Å². The molecule has 0 amide bonds. The molecule has 0 radical (unpaired) electrons. The Morgan fingerprint density at radius 3 is 2.50 bits per heavy atom. The molecule has 110 valence electrons. The summed E-state index contributed by atoms with van der Waals surface area (Å²) in [7, 11) is 1.92. The molecule has 3 rings (SSSR count). The van der Waals surface area contributed by atoms with Crippen LogP contribution in [0.2, 0.25) is 0 Å². The van der Waals surface area contributed by atoms with E-state index in [0.29, 0.717) is 11.8 Å². The maximum Gasteiger partial charge on any atom is 0.144 e. The van der Waals surface area contributed by atoms with Crippen LogP contribution in [0.15, 0.2) is 4.47 Å². The lowest BCUT2D eigenvalue weighted by Crippen LogP contribution is -2.19. The van der Waals surface area contributed by atoms with E-state index >= 15 is 0 Å². The first-order valence-electron chi connectivity index (χ1n) is 7.62. The molecular weight excluding hydrogens is 318 g/mol. The highest BCUT2D eigenvalue weighted by Crippen LogP contribution is 2.39. The van der Waals surface area contributed by atoms with Gasteiger partial charge in [0.15, 0.2) is 0 Å². The summed E-state index contributed by atoms with van der Waals surface area (Å²) in [6.07, 6.45) is 7.38. The van der Waals surface area contributed by atoms with Gasteiger partial charge in [0.05, 0.1) is 16.8 Å². The van der Waals surface area contributed by atoms with Crippen molar-refractivity contribution in [2.75, 3.05) is 25.6 Å². The van der Waals surface area contributed by atoms with Crippen LogP contribution < -0.4 is 5.32 Å². The van der Waals surface area contributed by atoms with E-state index in [0.717, 1.165) is 42.2 Å². The second-order valence-electron chi connectivity index (χ2n) is 5.78. The van der Waals surface area contributed by atoms with Gasteiger partial charge in [0, 0.05) is 25.5 Å². The Kier molecular flexibility index (Phi) is 4.56. The first kappa shape index (κ1) is 14.3. The molecule has 1 N–H and O–H groups in total. The third-order valence-corrected chi connectivity index (χ3v) is 5.18. The van der Waals surface area contributed by atoms with Gasteiger partial charge in [-0.15, -0.1) is 0 Å². The summed E-state index contributed by atoms with van der Waals surface area (Å²) >= 11 is 3.69. The predicted molar refractivity (Wildman–Crippen MR) is 83.3 cm³/mol. The number of ether oxygens (including phenoxy) is 1. The van der Waals surface area contributed by atoms with Crippen molar-refractivity contribution in [2.45, 2.75) is 50.4 Å². The molecule has 1 aliphatic heterocycles. The summed E-state index contributed by atoms with van der Waals surface area (Å²) in [5, 5.41) is 3.20. The average Bonchev–Trinajstić information content (AvgIpc) is 3.02. The van der Waals surface area contributed by atoms with Crippen molar-refractivity contribution in [3.05, 3.63) is 16.0 Å². The van der Waals surface area contributed by atoms with Gasteiger partial charge in [0.2, 0.25) is 0 Å². The van der Waals surface area contributed by atoms with E-state index in [-0.39, 0.29) is 0 Å². The summed E-state index contributed by atoms with van der Waals surface area (Å²) in [5.41, 5.74) is 1.20. The van der Waals surface area contributed by atoms with Crippen molar-refractivity contribution in [3.63, 3.8) is 0 Å². The van der Waals surface area contributed by atoms with Gasteiger partial charge in [0.25, 0.3) is 0 Å². The number of nitrogens with zero attached hydrogens (tertiary/aromatic N) is 2. The van der Waals surface area contributed by atoms with Gasteiger partial charge in [-0.2, -0.15) is 0 Å². The second-order valence-corrected chi connectivity index (χ2v) is 6.57. The third kappa shape index (κ3) is 2.84. The van der Waals surface area contributed by atoms with Crippen LogP contribution in [-0.4, -0.2) is 30.2 Å². The molecule has 1 aliphatic carbocycles. The Balaban J connectivity index is 1.95. The zero-order valence-corrected chi connectivity index (χ0v) is 13.6. The zero-order chi connectivity index (χ0) is 13.9. The van der Waals surface area contributed by atoms with E-state index in [9.17, 15) is 0 Å². The maximum atomic E-state index is 5.59. The van der Waals surface area contributed by atoms with Crippen molar-refractivity contribution in [1.29, 1.82) is 0 Å². The Labute approximate surface area is 128 Å². The lowest BCUT2D eigenvalue weighted by Gasteiger charge is -2.23. The van der Waals surface area contributed by atoms with Crippen molar-refractivity contribution in [3.8, 4) is 0 Å². The lowest BCUT2D eigenvalue weighted by atomic mass is 9.99. The van der Waals surface area contributed by atoms with Crippen LogP contribution in [0.5, 0.6) is 0 Å². The molecule has 0 spiro atoms. The molecule has 20 heavy (non-hydrogen) atoms. The average molecular weight is 340 g/mol. The third-order valence-electron chi connectivity index (χ3n) is 4.40. The van der Waals surface area contributed by atoms with Crippen LogP contribution in [0.4, 0.5) is 5.82 Å². The highest BCUT2D eigenvalue weighted by Gasteiger charge is 2.26. The molecule has 2 aliphatic rings. The minimum Gasteiger partial charge on any atom is -0.381 e. The van der Waals surface area contributed by atoms with Crippen molar-refractivity contribution in [1.82, 2.24) is 9.97 Å². The van der Waals surface area contributed by atoms with Gasteiger partial charge in [-0.1, -0.05) is 12.8 Å². The fourth-order valence-corrected chi connectivity index (χ4v) is 3.94. The van der Waals surface area contributed by atoms with Gasteiger partial charge in [0.1, 0.15) is 11.6 Å². The zero-order valence-electron chi connectivity index (χ0n) is 12.0. The van der Waals surface area contributed by atoms with Crippen LogP contribution >= 0.6 is 15.9 Å². The normalized spacial score (nSPS) is 24.0. The van der Waals surface area contributed by atoms with Crippen molar-refractivity contribution < 1.29 is 4.74 Å². The lowest BCUT2D eigenvalue weighted by molar-refractivity contribution is 0.0780. The molecule has 1 unspecified atom stereocenters. The van der Waals surface area contributed by atoms with Crippen LogP contribution in [0.1, 0.15) is 61.9 Å². The fraction of sp³-hybridized carbons (Fsp3) is 0.733. The quantitative estimate of drug-likeness (QED) is 0.908. The summed E-state index contributed by atoms with van der Waals surface area (Å²) in [4.78, 5) is 9.61. The molecule has 1 aromatic rings. The van der Waals surface area contributed by atoms with E-state index < -0.39 is 0 Å². The SMILES string of the molecule is CNc1nc(C2CCCOC2)nc(C2CCCC2)c1Br. The van der Waals surface area contributed by atoms with Gasteiger partial charge < -0.3 is 10.1 Å². The van der Waals surface area contributed by atoms with Gasteiger partial charge in [-0.05, 0) is 41.6 Å². The van der Waals surface area contributed by atoms with E-state index in [2.05, 4.69) is 21.2 Å². The standard InChI is InChI=1S/C15H22BrN3O/c1-17-15-12(16)13(10-5-2-3-6-10)18-14(19-15)11-7-4-8-20-9-11/h10-11H,2-9H2,1H3,(H,17,18,19). The summed E-state index contributed by atoms with van der Waals surface area (Å²) in [6.45, 7) is 1.64. The maximum absolute atomic E-state index is 5.59. The first-order valence-corrected chi connectivity index (χ1v) is 8.41. The minimum absolute atomic E-state index is 0.351. The summed E-state index contributed by atoms with van der Waals surface area (Å²) in [5.74, 6) is 2.81. The Morgan fingerprint density at radius 2 is 1.85 bits per heavy atom. The van der Waals surface area contributed by atoms with Crippen molar-refractivity contribution >= 4 is 21.7 Å². The summed E-state index contributed by atoms with van der Waals surface area (Å²) in [6, 6.07) is 0. The summed E-state index contributed by atoms with van der Waals surface area (Å²) < 4.78 is 6.64. The van der Waals surface area contributed by atoms with Crippen molar-refractivity contribution in [2.24, 2.45) is 0 Å². The van der Waals surface area contributed by atoms with E-state index in [1.165, 1.54) is 31.4 Å². The molecule has 0 bridgehead atoms. The second kappa shape index (κ2) is 6.39. The number of anilines is 1. The van der Waals surface area contributed by atoms with E-state index in [1.54, 1.807) is 0 Å². The number of halogens is 1. The molecule has 4 nitrogen and oxygen atoms in total. The predicted octanol–water partition coefficient (Wildman–Crippen LogP) is 3.83. The van der Waals surface area contributed by atoms with Crippen LogP contribution in [0, 0.1) is 0 Å². The highest BCUT2D eigenvalue weighted by atomic mass is 79.9. The molecule has 1 atom stereocenters. The number of hydrogen-bond acceptors (Lipinski definition) is 4. The number of aromatic nitrogens is 2. The molecule has 1 aromatic heterocycles. The van der Waals surface area contributed by atoms with Gasteiger partial charge in [-0.3, -0.25) is 0 Å². The number of hydrogen-bond donors (Lipinski definition) is 1. The smallest absolute Gasteiger partial charge is 0.144 e. The van der Waals surface area contributed by atoms with Crippen LogP contribution in [-0.2, 0) is 4.74 Å². The molecule has 2 heterocycles. The molecule has 0 aromatic carbocycles. The first-order chi connectivity index (χ1) is 9.79. The van der Waals surface area contributed by atoms with Crippen LogP contribution in [0.25, 0.3) is 0 Å². The number of rotatable bonds is 3. The Morgan fingerprint density at radius 1 is 1.10 bits per heavy atom.